The van der Waals surface area contributed by atoms with Gasteiger partial charge in [-0.25, -0.2) is 0 Å². The first-order valence-electron chi connectivity index (χ1n) is 5.13. The van der Waals surface area contributed by atoms with Crippen LogP contribution in [0, 0.1) is 5.41 Å². The van der Waals surface area contributed by atoms with Crippen molar-refractivity contribution in [1.82, 2.24) is 4.90 Å². The van der Waals surface area contributed by atoms with Crippen LogP contribution >= 0.6 is 0 Å². The third-order valence-corrected chi connectivity index (χ3v) is 2.53. The second-order valence-corrected chi connectivity index (χ2v) is 3.57. The highest BCUT2D eigenvalue weighted by Gasteiger charge is 2.42. The molecule has 1 aliphatic heterocycles. The second-order valence-electron chi connectivity index (χ2n) is 3.57. The molecule has 0 radical (unpaired) electrons. The zero-order chi connectivity index (χ0) is 11.2. The fourth-order valence-electron chi connectivity index (χ4n) is 1.78. The molecule has 1 saturated heterocycles. The summed E-state index contributed by atoms with van der Waals surface area (Å²) in [5.41, 5.74) is -0.559. The van der Waals surface area contributed by atoms with Crippen molar-refractivity contribution >= 4 is 5.97 Å². The minimum Gasteiger partial charge on any atom is -0.481 e. The number of allylic oxidation sites excluding steroid dienone is 1. The summed E-state index contributed by atoms with van der Waals surface area (Å²) in [7, 11) is 1.95. The quantitative estimate of drug-likeness (QED) is 0.707. The van der Waals surface area contributed by atoms with Gasteiger partial charge in [-0.1, -0.05) is 19.9 Å². The Balaban J connectivity index is 0.000000791. The minimum absolute atomic E-state index is 0.559. The van der Waals surface area contributed by atoms with E-state index in [-0.39, 0.29) is 0 Å². The third kappa shape index (κ3) is 2.84. The fraction of sp³-hybridized carbons (Fsp3) is 0.727. The van der Waals surface area contributed by atoms with Crippen molar-refractivity contribution in [3.8, 4) is 0 Å². The maximum absolute atomic E-state index is 11.0. The SMILES string of the molecule is C=CCC1(C(=O)O)CCN(C)C1.CC. The number of nitrogens with zero attached hydrogens (tertiary/aromatic N) is 1. The largest absolute Gasteiger partial charge is 0.481 e. The molecule has 1 aliphatic rings. The standard InChI is InChI=1S/C9H15NO2.C2H6/c1-3-4-9(8(11)12)5-6-10(2)7-9;1-2/h3H,1,4-7H2,2H3,(H,11,12);1-2H3. The van der Waals surface area contributed by atoms with Gasteiger partial charge in [0.2, 0.25) is 0 Å². The number of aliphatic carboxylic acids is 1. The van der Waals surface area contributed by atoms with E-state index in [1.54, 1.807) is 6.08 Å². The Morgan fingerprint density at radius 2 is 2.21 bits per heavy atom. The summed E-state index contributed by atoms with van der Waals surface area (Å²) in [5.74, 6) is -0.688. The van der Waals surface area contributed by atoms with Gasteiger partial charge < -0.3 is 10.0 Å². The number of hydrogen-bond acceptors (Lipinski definition) is 2. The first kappa shape index (κ1) is 13.2. The minimum atomic E-state index is -0.688. The van der Waals surface area contributed by atoms with Gasteiger partial charge in [-0.3, -0.25) is 4.79 Å². The summed E-state index contributed by atoms with van der Waals surface area (Å²) < 4.78 is 0. The molecule has 1 rings (SSSR count). The van der Waals surface area contributed by atoms with Crippen LogP contribution < -0.4 is 0 Å². The molecule has 1 fully saturated rings. The van der Waals surface area contributed by atoms with Gasteiger partial charge in [-0.05, 0) is 26.4 Å². The van der Waals surface area contributed by atoms with Crippen molar-refractivity contribution in [3.63, 3.8) is 0 Å². The van der Waals surface area contributed by atoms with Crippen LogP contribution in [0.15, 0.2) is 12.7 Å². The maximum Gasteiger partial charge on any atom is 0.311 e. The molecule has 0 saturated carbocycles. The number of hydrogen-bond donors (Lipinski definition) is 1. The normalized spacial score (nSPS) is 26.5. The van der Waals surface area contributed by atoms with Crippen LogP contribution in [0.2, 0.25) is 0 Å². The molecule has 1 heterocycles. The molecule has 1 N–H and O–H groups in total. The molecule has 0 aromatic rings. The summed E-state index contributed by atoms with van der Waals surface area (Å²) in [5, 5.41) is 9.04. The predicted octanol–water partition coefficient (Wildman–Crippen LogP) is 2.00. The van der Waals surface area contributed by atoms with E-state index in [9.17, 15) is 4.79 Å². The molecule has 0 amide bonds. The molecular weight excluding hydrogens is 178 g/mol. The smallest absolute Gasteiger partial charge is 0.311 e. The van der Waals surface area contributed by atoms with Gasteiger partial charge in [0.25, 0.3) is 0 Å². The zero-order valence-electron chi connectivity index (χ0n) is 9.42. The number of likely N-dealkylation sites (tertiary alicyclic amines) is 1. The van der Waals surface area contributed by atoms with Crippen molar-refractivity contribution in [2.24, 2.45) is 5.41 Å². The molecule has 1 atom stereocenters. The van der Waals surface area contributed by atoms with Crippen LogP contribution in [-0.2, 0) is 4.79 Å². The summed E-state index contributed by atoms with van der Waals surface area (Å²) in [6.45, 7) is 9.12. The van der Waals surface area contributed by atoms with Gasteiger partial charge in [-0.2, -0.15) is 0 Å². The van der Waals surface area contributed by atoms with Crippen molar-refractivity contribution in [3.05, 3.63) is 12.7 Å². The van der Waals surface area contributed by atoms with Crippen molar-refractivity contribution in [2.75, 3.05) is 20.1 Å². The van der Waals surface area contributed by atoms with Gasteiger partial charge in [0, 0.05) is 6.54 Å². The van der Waals surface area contributed by atoms with E-state index in [0.717, 1.165) is 13.0 Å². The molecular formula is C11H21NO2. The highest BCUT2D eigenvalue weighted by Crippen LogP contribution is 2.33. The average Bonchev–Trinajstić information content (AvgIpc) is 2.53. The lowest BCUT2D eigenvalue weighted by Gasteiger charge is -2.21. The van der Waals surface area contributed by atoms with Crippen molar-refractivity contribution < 1.29 is 9.90 Å². The highest BCUT2D eigenvalue weighted by atomic mass is 16.4. The summed E-state index contributed by atoms with van der Waals surface area (Å²) in [4.78, 5) is 13.0. The Morgan fingerprint density at radius 3 is 2.50 bits per heavy atom. The van der Waals surface area contributed by atoms with E-state index >= 15 is 0 Å². The van der Waals surface area contributed by atoms with Crippen LogP contribution in [0.25, 0.3) is 0 Å². The van der Waals surface area contributed by atoms with E-state index in [2.05, 4.69) is 11.5 Å². The van der Waals surface area contributed by atoms with Gasteiger partial charge in [0.1, 0.15) is 0 Å². The zero-order valence-corrected chi connectivity index (χ0v) is 9.42. The Morgan fingerprint density at radius 1 is 1.64 bits per heavy atom. The number of rotatable bonds is 3. The lowest BCUT2D eigenvalue weighted by molar-refractivity contribution is -0.148. The lowest BCUT2D eigenvalue weighted by Crippen LogP contribution is -2.33. The van der Waals surface area contributed by atoms with Crippen molar-refractivity contribution in [2.45, 2.75) is 26.7 Å². The first-order chi connectivity index (χ1) is 6.60. The Labute approximate surface area is 86.4 Å². The van der Waals surface area contributed by atoms with Gasteiger partial charge in [0.05, 0.1) is 5.41 Å². The van der Waals surface area contributed by atoms with E-state index in [4.69, 9.17) is 5.11 Å². The third-order valence-electron chi connectivity index (χ3n) is 2.53. The van der Waals surface area contributed by atoms with Gasteiger partial charge >= 0.3 is 5.97 Å². The van der Waals surface area contributed by atoms with Gasteiger partial charge in [-0.15, -0.1) is 6.58 Å². The molecule has 0 aliphatic carbocycles. The highest BCUT2D eigenvalue weighted by molar-refractivity contribution is 5.75. The Hall–Kier alpha value is -0.830. The average molecular weight is 199 g/mol. The molecule has 0 aromatic carbocycles. The number of carboxylic acids is 1. The van der Waals surface area contributed by atoms with Gasteiger partial charge in [0.15, 0.2) is 0 Å². The molecule has 14 heavy (non-hydrogen) atoms. The molecule has 0 bridgehead atoms. The lowest BCUT2D eigenvalue weighted by atomic mass is 9.84. The van der Waals surface area contributed by atoms with Crippen LogP contribution in [0.3, 0.4) is 0 Å². The Kier molecular flexibility index (Phi) is 5.46. The maximum atomic E-state index is 11.0. The predicted molar refractivity (Wildman–Crippen MR) is 58.3 cm³/mol. The fourth-order valence-corrected chi connectivity index (χ4v) is 1.78. The van der Waals surface area contributed by atoms with E-state index in [1.165, 1.54) is 0 Å². The van der Waals surface area contributed by atoms with Crippen LogP contribution in [-0.4, -0.2) is 36.1 Å². The molecule has 82 valence electrons. The molecule has 3 nitrogen and oxygen atoms in total. The molecule has 0 spiro atoms. The summed E-state index contributed by atoms with van der Waals surface area (Å²) >= 11 is 0. The van der Waals surface area contributed by atoms with E-state index in [0.29, 0.717) is 13.0 Å². The first-order valence-corrected chi connectivity index (χ1v) is 5.13. The van der Waals surface area contributed by atoms with E-state index in [1.807, 2.05) is 20.9 Å². The number of carbonyl (C=O) groups is 1. The second kappa shape index (κ2) is 5.81. The summed E-state index contributed by atoms with van der Waals surface area (Å²) in [6.07, 6.45) is 3.02. The molecule has 1 unspecified atom stereocenters. The number of carboxylic acid groups (broad SMARTS) is 1. The molecule has 0 aromatic heterocycles. The topological polar surface area (TPSA) is 40.5 Å². The van der Waals surface area contributed by atoms with Crippen molar-refractivity contribution in [1.29, 1.82) is 0 Å². The molecule has 3 heteroatoms. The van der Waals surface area contributed by atoms with Crippen LogP contribution in [0.4, 0.5) is 0 Å². The summed E-state index contributed by atoms with van der Waals surface area (Å²) in [6, 6.07) is 0. The van der Waals surface area contributed by atoms with Crippen LogP contribution in [0.5, 0.6) is 0 Å². The van der Waals surface area contributed by atoms with E-state index < -0.39 is 11.4 Å². The Bertz CT molecular complexity index is 203. The van der Waals surface area contributed by atoms with Crippen LogP contribution in [0.1, 0.15) is 26.7 Å². The monoisotopic (exact) mass is 199 g/mol.